The summed E-state index contributed by atoms with van der Waals surface area (Å²) in [5.41, 5.74) is 1.38. The second kappa shape index (κ2) is 6.26. The molecule has 5 nitrogen and oxygen atoms in total. The van der Waals surface area contributed by atoms with Gasteiger partial charge in [0.25, 0.3) is 0 Å². The molecule has 0 aliphatic carbocycles. The molecule has 0 saturated carbocycles. The van der Waals surface area contributed by atoms with Gasteiger partial charge in [-0.15, -0.1) is 0 Å². The molecule has 1 rings (SSSR count). The third-order valence-electron chi connectivity index (χ3n) is 2.28. The molecular formula is C12H15ClN2O3. The standard InChI is InChI=1S/C12H15ClN2O3/c1-15(2)10-4-3-8(13)7-9(10)14-11(16)5-6-12(17)18/h3-4,7H,5-6H2,1-2H3,(H,14,16)(H,17,18). The van der Waals surface area contributed by atoms with Crippen LogP contribution < -0.4 is 10.2 Å². The number of carboxylic acid groups (broad SMARTS) is 1. The number of carbonyl (C=O) groups excluding carboxylic acids is 1. The first-order valence-electron chi connectivity index (χ1n) is 5.38. The number of nitrogens with zero attached hydrogens (tertiary/aromatic N) is 1. The Morgan fingerprint density at radius 2 is 2.00 bits per heavy atom. The van der Waals surface area contributed by atoms with Gasteiger partial charge in [-0.1, -0.05) is 11.6 Å². The molecular weight excluding hydrogens is 256 g/mol. The second-order valence-electron chi connectivity index (χ2n) is 4.00. The Morgan fingerprint density at radius 1 is 1.33 bits per heavy atom. The monoisotopic (exact) mass is 270 g/mol. The summed E-state index contributed by atoms with van der Waals surface area (Å²) in [5, 5.41) is 11.7. The average molecular weight is 271 g/mol. The smallest absolute Gasteiger partial charge is 0.303 e. The molecule has 0 radical (unpaired) electrons. The third-order valence-corrected chi connectivity index (χ3v) is 2.52. The quantitative estimate of drug-likeness (QED) is 0.861. The number of carboxylic acids is 1. The first-order chi connectivity index (χ1) is 8.40. The predicted octanol–water partition coefficient (Wildman–Crippen LogP) is 2.21. The Bertz CT molecular complexity index is 461. The summed E-state index contributed by atoms with van der Waals surface area (Å²) in [7, 11) is 3.69. The molecule has 2 N–H and O–H groups in total. The Morgan fingerprint density at radius 3 is 2.56 bits per heavy atom. The molecule has 0 aromatic heterocycles. The highest BCUT2D eigenvalue weighted by Gasteiger charge is 2.10. The summed E-state index contributed by atoms with van der Waals surface area (Å²) < 4.78 is 0. The molecule has 0 fully saturated rings. The molecule has 98 valence electrons. The van der Waals surface area contributed by atoms with Gasteiger partial charge in [-0.05, 0) is 18.2 Å². The Labute approximate surface area is 110 Å². The maximum atomic E-state index is 11.6. The zero-order valence-corrected chi connectivity index (χ0v) is 11.0. The number of amides is 1. The SMILES string of the molecule is CN(C)c1ccc(Cl)cc1NC(=O)CCC(=O)O. The molecule has 0 bridgehead atoms. The minimum atomic E-state index is -0.996. The number of hydrogen-bond donors (Lipinski definition) is 2. The van der Waals surface area contributed by atoms with Crippen LogP contribution in [0.4, 0.5) is 11.4 Å². The van der Waals surface area contributed by atoms with Gasteiger partial charge >= 0.3 is 5.97 Å². The summed E-state index contributed by atoms with van der Waals surface area (Å²) in [4.78, 5) is 23.8. The van der Waals surface area contributed by atoms with Gasteiger partial charge in [-0.25, -0.2) is 0 Å². The van der Waals surface area contributed by atoms with Crippen LogP contribution >= 0.6 is 11.6 Å². The van der Waals surface area contributed by atoms with E-state index >= 15 is 0 Å². The number of hydrogen-bond acceptors (Lipinski definition) is 3. The van der Waals surface area contributed by atoms with E-state index in [1.165, 1.54) is 0 Å². The Kier molecular flexibility index (Phi) is 4.97. The fourth-order valence-corrected chi connectivity index (χ4v) is 1.60. The number of halogens is 1. The molecule has 0 heterocycles. The van der Waals surface area contributed by atoms with Crippen molar-refractivity contribution >= 4 is 34.9 Å². The van der Waals surface area contributed by atoms with Gasteiger partial charge in [0.1, 0.15) is 0 Å². The topological polar surface area (TPSA) is 69.6 Å². The van der Waals surface area contributed by atoms with E-state index in [1.807, 2.05) is 19.0 Å². The summed E-state index contributed by atoms with van der Waals surface area (Å²) in [6.45, 7) is 0. The van der Waals surface area contributed by atoms with E-state index in [9.17, 15) is 9.59 Å². The zero-order valence-electron chi connectivity index (χ0n) is 10.2. The minimum Gasteiger partial charge on any atom is -0.481 e. The van der Waals surface area contributed by atoms with Crippen LogP contribution in [0.25, 0.3) is 0 Å². The van der Waals surface area contributed by atoms with E-state index in [4.69, 9.17) is 16.7 Å². The van der Waals surface area contributed by atoms with Crippen LogP contribution in [0.1, 0.15) is 12.8 Å². The summed E-state index contributed by atoms with van der Waals surface area (Å²) >= 11 is 5.87. The van der Waals surface area contributed by atoms with Crippen LogP contribution in [0.5, 0.6) is 0 Å². The fraction of sp³-hybridized carbons (Fsp3) is 0.333. The minimum absolute atomic E-state index is 0.0608. The molecule has 6 heteroatoms. The second-order valence-corrected chi connectivity index (χ2v) is 4.43. The van der Waals surface area contributed by atoms with Crippen molar-refractivity contribution in [3.05, 3.63) is 23.2 Å². The number of aliphatic carboxylic acids is 1. The molecule has 1 amide bonds. The molecule has 1 aromatic rings. The van der Waals surface area contributed by atoms with E-state index in [2.05, 4.69) is 5.32 Å². The average Bonchev–Trinajstić information content (AvgIpc) is 2.26. The number of benzene rings is 1. The van der Waals surface area contributed by atoms with Crippen molar-refractivity contribution in [2.45, 2.75) is 12.8 Å². The van der Waals surface area contributed by atoms with E-state index in [0.29, 0.717) is 10.7 Å². The molecule has 0 aliphatic rings. The van der Waals surface area contributed by atoms with Crippen molar-refractivity contribution in [1.29, 1.82) is 0 Å². The van der Waals surface area contributed by atoms with Crippen molar-refractivity contribution in [2.75, 3.05) is 24.3 Å². The molecule has 0 atom stereocenters. The van der Waals surface area contributed by atoms with Gasteiger partial charge in [0.15, 0.2) is 0 Å². The van der Waals surface area contributed by atoms with Crippen molar-refractivity contribution < 1.29 is 14.7 Å². The van der Waals surface area contributed by atoms with Crippen molar-refractivity contribution in [3.63, 3.8) is 0 Å². The van der Waals surface area contributed by atoms with Gasteiger partial charge < -0.3 is 15.3 Å². The normalized spacial score (nSPS) is 9.94. The summed E-state index contributed by atoms with van der Waals surface area (Å²) in [6, 6.07) is 5.15. The molecule has 1 aromatic carbocycles. The van der Waals surface area contributed by atoms with Gasteiger partial charge in [-0.2, -0.15) is 0 Å². The molecule has 0 aliphatic heterocycles. The lowest BCUT2D eigenvalue weighted by molar-refractivity contribution is -0.138. The highest BCUT2D eigenvalue weighted by molar-refractivity contribution is 6.31. The van der Waals surface area contributed by atoms with Crippen molar-refractivity contribution in [3.8, 4) is 0 Å². The number of nitrogens with one attached hydrogen (secondary N) is 1. The maximum Gasteiger partial charge on any atom is 0.303 e. The van der Waals surface area contributed by atoms with Gasteiger partial charge in [0.2, 0.25) is 5.91 Å². The largest absolute Gasteiger partial charge is 0.481 e. The third kappa shape index (κ3) is 4.25. The van der Waals surface area contributed by atoms with Crippen LogP contribution in [-0.4, -0.2) is 31.1 Å². The maximum absolute atomic E-state index is 11.6. The first-order valence-corrected chi connectivity index (χ1v) is 5.76. The number of rotatable bonds is 5. The lowest BCUT2D eigenvalue weighted by Crippen LogP contribution is -2.17. The molecule has 0 spiro atoms. The van der Waals surface area contributed by atoms with E-state index in [-0.39, 0.29) is 18.7 Å². The van der Waals surface area contributed by atoms with Crippen molar-refractivity contribution in [1.82, 2.24) is 0 Å². The predicted molar refractivity (Wildman–Crippen MR) is 71.3 cm³/mol. The lowest BCUT2D eigenvalue weighted by Gasteiger charge is -2.18. The van der Waals surface area contributed by atoms with Crippen LogP contribution in [-0.2, 0) is 9.59 Å². The van der Waals surface area contributed by atoms with Gasteiger partial charge in [0, 0.05) is 25.5 Å². The number of anilines is 2. The lowest BCUT2D eigenvalue weighted by atomic mass is 10.2. The fourth-order valence-electron chi connectivity index (χ4n) is 1.43. The highest BCUT2D eigenvalue weighted by atomic mass is 35.5. The molecule has 0 saturated heterocycles. The summed E-state index contributed by atoms with van der Waals surface area (Å²) in [6.07, 6.45) is -0.252. The first kappa shape index (κ1) is 14.3. The highest BCUT2D eigenvalue weighted by Crippen LogP contribution is 2.27. The molecule has 18 heavy (non-hydrogen) atoms. The van der Waals surface area contributed by atoms with E-state index in [1.54, 1.807) is 18.2 Å². The summed E-state index contributed by atoms with van der Waals surface area (Å²) in [5.74, 6) is -1.34. The van der Waals surface area contributed by atoms with Crippen molar-refractivity contribution in [2.24, 2.45) is 0 Å². The Hall–Kier alpha value is -1.75. The van der Waals surface area contributed by atoms with E-state index in [0.717, 1.165) is 5.69 Å². The Balaban J connectivity index is 2.79. The van der Waals surface area contributed by atoms with Crippen LogP contribution in [0.2, 0.25) is 5.02 Å². The van der Waals surface area contributed by atoms with Crippen LogP contribution in [0.3, 0.4) is 0 Å². The van der Waals surface area contributed by atoms with Crippen LogP contribution in [0.15, 0.2) is 18.2 Å². The zero-order chi connectivity index (χ0) is 13.7. The number of carbonyl (C=O) groups is 2. The van der Waals surface area contributed by atoms with E-state index < -0.39 is 5.97 Å². The van der Waals surface area contributed by atoms with Crippen LogP contribution in [0, 0.1) is 0 Å². The van der Waals surface area contributed by atoms with Gasteiger partial charge in [-0.3, -0.25) is 9.59 Å². The van der Waals surface area contributed by atoms with Gasteiger partial charge in [0.05, 0.1) is 17.8 Å². The molecule has 0 unspecified atom stereocenters.